The van der Waals surface area contributed by atoms with E-state index < -0.39 is 8.07 Å². The van der Waals surface area contributed by atoms with Crippen molar-refractivity contribution in [1.29, 1.82) is 0 Å². The van der Waals surface area contributed by atoms with E-state index in [0.717, 1.165) is 6.42 Å². The zero-order valence-corrected chi connectivity index (χ0v) is 23.3. The van der Waals surface area contributed by atoms with Gasteiger partial charge in [-0.1, -0.05) is 128 Å². The van der Waals surface area contributed by atoms with Crippen molar-refractivity contribution in [1.82, 2.24) is 0 Å². The molecule has 9 rings (SSSR count). The Hall–Kier alpha value is -4.20. The van der Waals surface area contributed by atoms with Crippen molar-refractivity contribution < 1.29 is 0 Å². The summed E-state index contributed by atoms with van der Waals surface area (Å²) in [6.45, 7) is 5.12. The lowest BCUT2D eigenvalue weighted by molar-refractivity contribution is 0.857. The summed E-state index contributed by atoms with van der Waals surface area (Å²) in [5.74, 6) is 0.446. The van der Waals surface area contributed by atoms with E-state index in [1.54, 1.807) is 10.4 Å². The van der Waals surface area contributed by atoms with Crippen LogP contribution < -0.4 is 10.4 Å². The van der Waals surface area contributed by atoms with Gasteiger partial charge < -0.3 is 0 Å². The van der Waals surface area contributed by atoms with Gasteiger partial charge >= 0.3 is 0 Å². The van der Waals surface area contributed by atoms with Gasteiger partial charge in [0.15, 0.2) is 0 Å². The monoisotopic (exact) mass is 512 g/mol. The average Bonchev–Trinajstić information content (AvgIpc) is 3.22. The number of hydrogen-bond acceptors (Lipinski definition) is 0. The lowest BCUT2D eigenvalue weighted by atomic mass is 9.75. The highest BCUT2D eigenvalue weighted by atomic mass is 28.3. The van der Waals surface area contributed by atoms with Crippen LogP contribution in [0.2, 0.25) is 13.1 Å². The molecule has 6 aromatic carbocycles. The van der Waals surface area contributed by atoms with Crippen LogP contribution in [0.15, 0.2) is 109 Å². The fourth-order valence-corrected chi connectivity index (χ4v) is 11.5. The van der Waals surface area contributed by atoms with E-state index in [1.165, 1.54) is 71.3 Å². The molecule has 0 fully saturated rings. The van der Waals surface area contributed by atoms with Crippen molar-refractivity contribution in [2.75, 3.05) is 0 Å². The van der Waals surface area contributed by atoms with Crippen LogP contribution in [0.3, 0.4) is 0 Å². The molecule has 0 nitrogen and oxygen atoms in total. The first kappa shape index (κ1) is 21.7. The fourth-order valence-electron chi connectivity index (χ4n) is 8.00. The summed E-state index contributed by atoms with van der Waals surface area (Å²) < 4.78 is 0. The number of benzene rings is 6. The molecule has 0 saturated carbocycles. The van der Waals surface area contributed by atoms with Gasteiger partial charge in [-0.15, -0.1) is 0 Å². The number of hydrogen-bond donors (Lipinski definition) is 0. The van der Waals surface area contributed by atoms with Crippen LogP contribution in [0.5, 0.6) is 0 Å². The van der Waals surface area contributed by atoms with E-state index in [-0.39, 0.29) is 0 Å². The second-order valence-corrected chi connectivity index (χ2v) is 16.3. The third kappa shape index (κ3) is 2.73. The minimum Gasteiger partial charge on any atom is -0.0830 e. The molecular weight excluding hydrogens is 485 g/mol. The molecular formula is C38H28Si. The zero-order valence-electron chi connectivity index (χ0n) is 22.3. The van der Waals surface area contributed by atoms with Crippen molar-refractivity contribution in [2.24, 2.45) is 0 Å². The molecule has 1 heteroatoms. The van der Waals surface area contributed by atoms with E-state index in [4.69, 9.17) is 0 Å². The molecule has 39 heavy (non-hydrogen) atoms. The highest BCUT2D eigenvalue weighted by Crippen LogP contribution is 2.47. The summed E-state index contributed by atoms with van der Waals surface area (Å²) in [4.78, 5) is 0. The molecule has 0 amide bonds. The standard InChI is InChI=1S/C38H28Si/c1-39(2)34-22-25(33-21-26-11-7-9-23-17-18-24-10-8-16-30(33)36(24)35(23)26)19-20-32(34)37-29-14-5-3-12-27(29)28-13-4-6-15-31(28)38(37)39/h3-10,12-22,26H,11H2,1-2H3. The van der Waals surface area contributed by atoms with E-state index in [9.17, 15) is 0 Å². The van der Waals surface area contributed by atoms with Gasteiger partial charge in [-0.25, -0.2) is 0 Å². The van der Waals surface area contributed by atoms with Gasteiger partial charge in [0, 0.05) is 5.92 Å². The molecule has 0 saturated heterocycles. The van der Waals surface area contributed by atoms with E-state index in [0.29, 0.717) is 5.92 Å². The second kappa shape index (κ2) is 7.46. The van der Waals surface area contributed by atoms with Crippen molar-refractivity contribution in [3.63, 3.8) is 0 Å². The van der Waals surface area contributed by atoms with Crippen LogP contribution in [-0.2, 0) is 0 Å². The minimum absolute atomic E-state index is 0.446. The van der Waals surface area contributed by atoms with Gasteiger partial charge in [-0.2, -0.15) is 0 Å². The fraction of sp³-hybridized carbons (Fsp3) is 0.105. The Balaban J connectivity index is 1.32. The number of allylic oxidation sites excluding steroid dienone is 2. The Morgan fingerprint density at radius 1 is 0.692 bits per heavy atom. The first-order valence-corrected chi connectivity index (χ1v) is 17.1. The molecule has 0 bridgehead atoms. The van der Waals surface area contributed by atoms with Gasteiger partial charge in [-0.05, 0) is 88.1 Å². The summed E-state index contributed by atoms with van der Waals surface area (Å²) in [6.07, 6.45) is 8.31. The molecule has 1 atom stereocenters. The molecule has 2 aliphatic carbocycles. The van der Waals surface area contributed by atoms with Crippen LogP contribution in [0.25, 0.3) is 55.1 Å². The quantitative estimate of drug-likeness (QED) is 0.152. The third-order valence-electron chi connectivity index (χ3n) is 9.67. The number of rotatable bonds is 1. The van der Waals surface area contributed by atoms with Crippen LogP contribution in [0.1, 0.15) is 34.6 Å². The Labute approximate surface area is 229 Å². The van der Waals surface area contributed by atoms with Crippen LogP contribution in [0.4, 0.5) is 0 Å². The highest BCUT2D eigenvalue weighted by molar-refractivity contribution is 7.05. The van der Waals surface area contributed by atoms with Crippen molar-refractivity contribution in [3.05, 3.63) is 131 Å². The first-order valence-electron chi connectivity index (χ1n) is 14.1. The van der Waals surface area contributed by atoms with E-state index in [1.807, 2.05) is 0 Å². The summed E-state index contributed by atoms with van der Waals surface area (Å²) in [6, 6.07) is 37.0. The van der Waals surface area contributed by atoms with E-state index >= 15 is 0 Å². The molecule has 0 aromatic heterocycles. The van der Waals surface area contributed by atoms with Gasteiger partial charge in [-0.3, -0.25) is 0 Å². The van der Waals surface area contributed by atoms with Crippen molar-refractivity contribution >= 4 is 62.4 Å². The third-order valence-corrected chi connectivity index (χ3v) is 13.2. The molecule has 184 valence electrons. The maximum atomic E-state index is 2.57. The zero-order chi connectivity index (χ0) is 25.9. The highest BCUT2D eigenvalue weighted by Gasteiger charge is 2.40. The molecule has 0 radical (unpaired) electrons. The molecule has 6 aromatic rings. The summed E-state index contributed by atoms with van der Waals surface area (Å²) in [5.41, 5.74) is 10.0. The van der Waals surface area contributed by atoms with Gasteiger partial charge in [0.2, 0.25) is 0 Å². The Morgan fingerprint density at radius 3 is 2.31 bits per heavy atom. The summed E-state index contributed by atoms with van der Waals surface area (Å²) in [7, 11) is -1.95. The first-order chi connectivity index (χ1) is 19.1. The van der Waals surface area contributed by atoms with Gasteiger partial charge in [0.05, 0.1) is 0 Å². The molecule has 3 aliphatic rings. The largest absolute Gasteiger partial charge is 0.114 e. The molecule has 1 aliphatic heterocycles. The van der Waals surface area contributed by atoms with Crippen molar-refractivity contribution in [3.8, 4) is 11.1 Å². The van der Waals surface area contributed by atoms with Gasteiger partial charge in [0.1, 0.15) is 8.07 Å². The number of fused-ring (bicyclic) bond motifs is 8. The average molecular weight is 513 g/mol. The van der Waals surface area contributed by atoms with Crippen LogP contribution in [-0.4, -0.2) is 8.07 Å². The molecule has 1 heterocycles. The Kier molecular flexibility index (Phi) is 4.15. The second-order valence-electron chi connectivity index (χ2n) is 12.0. The maximum absolute atomic E-state index is 2.57. The van der Waals surface area contributed by atoms with E-state index in [2.05, 4.69) is 128 Å². The molecule has 0 N–H and O–H groups in total. The van der Waals surface area contributed by atoms with Crippen molar-refractivity contribution in [2.45, 2.75) is 25.4 Å². The SMILES string of the molecule is C[Si]1(C)c2cc(C3=CC4CC=Cc5ccc6cccc3c6c54)ccc2-c2c1c1ccccc1c1ccccc21. The van der Waals surface area contributed by atoms with Crippen LogP contribution in [0, 0.1) is 0 Å². The van der Waals surface area contributed by atoms with Crippen LogP contribution >= 0.6 is 0 Å². The lowest BCUT2D eigenvalue weighted by Crippen LogP contribution is -2.49. The summed E-state index contributed by atoms with van der Waals surface area (Å²) >= 11 is 0. The normalized spacial score (nSPS) is 17.9. The lowest BCUT2D eigenvalue weighted by Gasteiger charge is -2.29. The topological polar surface area (TPSA) is 0 Å². The Bertz CT molecular complexity index is 2120. The predicted octanol–water partition coefficient (Wildman–Crippen LogP) is 8.90. The molecule has 0 spiro atoms. The Morgan fingerprint density at radius 2 is 1.46 bits per heavy atom. The smallest absolute Gasteiger partial charge is 0.0830 e. The maximum Gasteiger partial charge on any atom is 0.114 e. The van der Waals surface area contributed by atoms with Gasteiger partial charge in [0.25, 0.3) is 0 Å². The summed E-state index contributed by atoms with van der Waals surface area (Å²) in [5, 5.41) is 11.6. The minimum atomic E-state index is -1.95. The predicted molar refractivity (Wildman–Crippen MR) is 171 cm³/mol. The molecule has 1 unspecified atom stereocenters.